The molecule has 0 aliphatic rings. The van der Waals surface area contributed by atoms with Gasteiger partial charge in [-0.3, -0.25) is 0 Å². The predicted molar refractivity (Wildman–Crippen MR) is 42.5 cm³/mol. The Labute approximate surface area is 67.7 Å². The van der Waals surface area contributed by atoms with E-state index in [4.69, 9.17) is 9.47 Å². The molecule has 0 saturated carbocycles. The molecule has 0 bridgehead atoms. The minimum atomic E-state index is -0.377. The van der Waals surface area contributed by atoms with Crippen LogP contribution in [0.2, 0.25) is 0 Å². The van der Waals surface area contributed by atoms with Crippen LogP contribution in [0.3, 0.4) is 0 Å². The molecular formula is C8H17FO2. The van der Waals surface area contributed by atoms with Crippen molar-refractivity contribution in [3.8, 4) is 0 Å². The van der Waals surface area contributed by atoms with E-state index in [-0.39, 0.29) is 13.3 Å². The van der Waals surface area contributed by atoms with E-state index in [1.54, 1.807) is 7.11 Å². The van der Waals surface area contributed by atoms with E-state index in [1.165, 1.54) is 0 Å². The van der Waals surface area contributed by atoms with Crippen molar-refractivity contribution >= 4 is 0 Å². The van der Waals surface area contributed by atoms with Gasteiger partial charge in [-0.15, -0.1) is 0 Å². The zero-order valence-electron chi connectivity index (χ0n) is 7.14. The molecule has 0 atom stereocenters. The van der Waals surface area contributed by atoms with Crippen molar-refractivity contribution in [1.29, 1.82) is 0 Å². The highest BCUT2D eigenvalue weighted by Crippen LogP contribution is 1.95. The van der Waals surface area contributed by atoms with Crippen molar-refractivity contribution in [2.75, 3.05) is 33.6 Å². The normalized spacial score (nSPS) is 10.4. The molecule has 0 aromatic heterocycles. The standard InChI is InChI=1S/C8H17FO2/c1-10-6-3-2-4-7-11-8-5-9/h2-8H2,1H3. The van der Waals surface area contributed by atoms with Gasteiger partial charge < -0.3 is 9.47 Å². The van der Waals surface area contributed by atoms with Gasteiger partial charge in [0.15, 0.2) is 0 Å². The summed E-state index contributed by atoms with van der Waals surface area (Å²) in [5, 5.41) is 0. The molecular weight excluding hydrogens is 147 g/mol. The Kier molecular flexibility index (Phi) is 9.72. The monoisotopic (exact) mass is 164 g/mol. The molecule has 0 heterocycles. The molecule has 0 aliphatic carbocycles. The third-order valence-corrected chi connectivity index (χ3v) is 1.36. The van der Waals surface area contributed by atoms with Gasteiger partial charge in [-0.1, -0.05) is 0 Å². The van der Waals surface area contributed by atoms with E-state index in [1.807, 2.05) is 0 Å². The van der Waals surface area contributed by atoms with Crippen LogP contribution < -0.4 is 0 Å². The summed E-state index contributed by atoms with van der Waals surface area (Å²) in [6.45, 7) is 1.35. The van der Waals surface area contributed by atoms with Crippen LogP contribution in [0.4, 0.5) is 4.39 Å². The molecule has 0 rings (SSSR count). The fourth-order valence-corrected chi connectivity index (χ4v) is 0.784. The summed E-state index contributed by atoms with van der Waals surface area (Å²) in [5.74, 6) is 0. The quantitative estimate of drug-likeness (QED) is 0.509. The Hall–Kier alpha value is -0.150. The van der Waals surface area contributed by atoms with Gasteiger partial charge in [-0.25, -0.2) is 4.39 Å². The Morgan fingerprint density at radius 1 is 1.00 bits per heavy atom. The van der Waals surface area contributed by atoms with Crippen LogP contribution in [0, 0.1) is 0 Å². The Morgan fingerprint density at radius 3 is 2.36 bits per heavy atom. The number of ether oxygens (including phenoxy) is 2. The second-order valence-electron chi connectivity index (χ2n) is 2.35. The van der Waals surface area contributed by atoms with E-state index in [0.717, 1.165) is 25.9 Å². The molecule has 0 unspecified atom stereocenters. The van der Waals surface area contributed by atoms with Gasteiger partial charge in [0, 0.05) is 20.3 Å². The van der Waals surface area contributed by atoms with Crippen LogP contribution in [0.5, 0.6) is 0 Å². The summed E-state index contributed by atoms with van der Waals surface area (Å²) in [6.07, 6.45) is 3.17. The number of unbranched alkanes of at least 4 members (excludes halogenated alkanes) is 2. The second kappa shape index (κ2) is 9.85. The molecule has 0 aromatic carbocycles. The molecule has 0 fully saturated rings. The van der Waals surface area contributed by atoms with Gasteiger partial charge >= 0.3 is 0 Å². The number of rotatable bonds is 8. The number of halogens is 1. The SMILES string of the molecule is COCCCCCOCCF. The van der Waals surface area contributed by atoms with Crippen LogP contribution in [0.25, 0.3) is 0 Å². The maximum atomic E-state index is 11.5. The van der Waals surface area contributed by atoms with Crippen LogP contribution in [-0.2, 0) is 9.47 Å². The highest BCUT2D eigenvalue weighted by molar-refractivity contribution is 4.39. The van der Waals surface area contributed by atoms with Crippen molar-refractivity contribution in [3.05, 3.63) is 0 Å². The highest BCUT2D eigenvalue weighted by Gasteiger charge is 1.89. The first-order valence-corrected chi connectivity index (χ1v) is 4.04. The van der Waals surface area contributed by atoms with Gasteiger partial charge in [0.25, 0.3) is 0 Å². The van der Waals surface area contributed by atoms with E-state index in [9.17, 15) is 4.39 Å². The lowest BCUT2D eigenvalue weighted by Crippen LogP contribution is -1.98. The Bertz CT molecular complexity index is 61.1. The van der Waals surface area contributed by atoms with Gasteiger partial charge in [-0.2, -0.15) is 0 Å². The molecule has 3 heteroatoms. The Morgan fingerprint density at radius 2 is 1.73 bits per heavy atom. The predicted octanol–water partition coefficient (Wildman–Crippen LogP) is 1.79. The minimum Gasteiger partial charge on any atom is -0.385 e. The molecule has 0 aliphatic heterocycles. The lowest BCUT2D eigenvalue weighted by atomic mass is 10.2. The topological polar surface area (TPSA) is 18.5 Å². The summed E-state index contributed by atoms with van der Waals surface area (Å²) >= 11 is 0. The average molecular weight is 164 g/mol. The molecule has 68 valence electrons. The lowest BCUT2D eigenvalue weighted by Gasteiger charge is -2.00. The summed E-state index contributed by atoms with van der Waals surface area (Å²) in [7, 11) is 1.69. The van der Waals surface area contributed by atoms with Crippen LogP contribution in [0.15, 0.2) is 0 Å². The van der Waals surface area contributed by atoms with Crippen molar-refractivity contribution < 1.29 is 13.9 Å². The van der Waals surface area contributed by atoms with Crippen LogP contribution >= 0.6 is 0 Å². The summed E-state index contributed by atoms with van der Waals surface area (Å²) < 4.78 is 21.3. The Balaban J connectivity index is 2.69. The molecule has 0 aromatic rings. The van der Waals surface area contributed by atoms with Gasteiger partial charge in [-0.05, 0) is 19.3 Å². The van der Waals surface area contributed by atoms with Gasteiger partial charge in [0.05, 0.1) is 6.61 Å². The van der Waals surface area contributed by atoms with Crippen LogP contribution in [-0.4, -0.2) is 33.6 Å². The average Bonchev–Trinajstić information content (AvgIpc) is 2.03. The lowest BCUT2D eigenvalue weighted by molar-refractivity contribution is 0.113. The fourth-order valence-electron chi connectivity index (χ4n) is 0.784. The van der Waals surface area contributed by atoms with Crippen LogP contribution in [0.1, 0.15) is 19.3 Å². The fraction of sp³-hybridized carbons (Fsp3) is 1.00. The first kappa shape index (κ1) is 10.8. The number of methoxy groups -OCH3 is 1. The second-order valence-corrected chi connectivity index (χ2v) is 2.35. The smallest absolute Gasteiger partial charge is 0.113 e. The molecule has 0 N–H and O–H groups in total. The molecule has 0 saturated heterocycles. The van der Waals surface area contributed by atoms with Crippen molar-refractivity contribution in [2.45, 2.75) is 19.3 Å². The molecule has 0 radical (unpaired) electrons. The summed E-state index contributed by atoms with van der Waals surface area (Å²) in [6, 6.07) is 0. The van der Waals surface area contributed by atoms with E-state index >= 15 is 0 Å². The number of hydrogen-bond donors (Lipinski definition) is 0. The zero-order valence-corrected chi connectivity index (χ0v) is 7.14. The first-order valence-electron chi connectivity index (χ1n) is 4.04. The highest BCUT2D eigenvalue weighted by atomic mass is 19.1. The third-order valence-electron chi connectivity index (χ3n) is 1.36. The molecule has 2 nitrogen and oxygen atoms in total. The van der Waals surface area contributed by atoms with Crippen molar-refractivity contribution in [1.82, 2.24) is 0 Å². The molecule has 0 amide bonds. The van der Waals surface area contributed by atoms with E-state index in [2.05, 4.69) is 0 Å². The number of alkyl halides is 1. The number of hydrogen-bond acceptors (Lipinski definition) is 2. The van der Waals surface area contributed by atoms with Gasteiger partial charge in [0.2, 0.25) is 0 Å². The largest absolute Gasteiger partial charge is 0.385 e. The summed E-state index contributed by atoms with van der Waals surface area (Å²) in [4.78, 5) is 0. The summed E-state index contributed by atoms with van der Waals surface area (Å²) in [5.41, 5.74) is 0. The van der Waals surface area contributed by atoms with Crippen molar-refractivity contribution in [2.24, 2.45) is 0 Å². The zero-order chi connectivity index (χ0) is 8.36. The molecule has 0 spiro atoms. The van der Waals surface area contributed by atoms with Gasteiger partial charge in [0.1, 0.15) is 6.67 Å². The maximum Gasteiger partial charge on any atom is 0.113 e. The maximum absolute atomic E-state index is 11.5. The van der Waals surface area contributed by atoms with E-state index in [0.29, 0.717) is 6.61 Å². The first-order chi connectivity index (χ1) is 5.41. The van der Waals surface area contributed by atoms with Crippen molar-refractivity contribution in [3.63, 3.8) is 0 Å². The third kappa shape index (κ3) is 9.85. The van der Waals surface area contributed by atoms with E-state index < -0.39 is 0 Å². The molecule has 11 heavy (non-hydrogen) atoms. The minimum absolute atomic E-state index is 0.240.